The van der Waals surface area contributed by atoms with Crippen molar-refractivity contribution in [2.24, 2.45) is 0 Å². The van der Waals surface area contributed by atoms with Gasteiger partial charge in [0.25, 0.3) is 0 Å². The summed E-state index contributed by atoms with van der Waals surface area (Å²) in [5.74, 6) is -1.07. The molecule has 1 aliphatic heterocycles. The summed E-state index contributed by atoms with van der Waals surface area (Å²) in [5.41, 5.74) is 1.83. The highest BCUT2D eigenvalue weighted by molar-refractivity contribution is 7.89. The number of carbonyl (C=O) groups is 1. The lowest BCUT2D eigenvalue weighted by molar-refractivity contribution is -0.133. The van der Waals surface area contributed by atoms with Crippen molar-refractivity contribution < 1.29 is 22.0 Å². The minimum absolute atomic E-state index is 0.0954. The summed E-state index contributed by atoms with van der Waals surface area (Å²) >= 11 is 0. The Bertz CT molecular complexity index is 1260. The van der Waals surface area contributed by atoms with Crippen LogP contribution in [0.1, 0.15) is 17.2 Å². The van der Waals surface area contributed by atoms with Crippen LogP contribution >= 0.6 is 0 Å². The number of benzene rings is 3. The van der Waals surface area contributed by atoms with Crippen LogP contribution in [0.3, 0.4) is 0 Å². The normalized spacial score (nSPS) is 15.8. The van der Waals surface area contributed by atoms with Crippen LogP contribution < -0.4 is 0 Å². The van der Waals surface area contributed by atoms with Gasteiger partial charge in [0.15, 0.2) is 0 Å². The zero-order valence-corrected chi connectivity index (χ0v) is 20.2. The molecule has 184 valence electrons. The van der Waals surface area contributed by atoms with Crippen molar-refractivity contribution >= 4 is 15.9 Å². The van der Waals surface area contributed by atoms with Gasteiger partial charge in [0.2, 0.25) is 15.9 Å². The third-order valence-corrected chi connectivity index (χ3v) is 8.05. The number of piperazine rings is 1. The first-order chi connectivity index (χ1) is 16.8. The van der Waals surface area contributed by atoms with E-state index in [0.717, 1.165) is 17.2 Å². The molecule has 0 aliphatic carbocycles. The molecule has 0 saturated carbocycles. The Morgan fingerprint density at radius 3 is 2.11 bits per heavy atom. The third-order valence-electron chi connectivity index (χ3n) is 6.15. The Balaban J connectivity index is 1.43. The van der Waals surface area contributed by atoms with Gasteiger partial charge >= 0.3 is 0 Å². The van der Waals surface area contributed by atoms with Crippen LogP contribution in [0.15, 0.2) is 83.8 Å². The van der Waals surface area contributed by atoms with Crippen molar-refractivity contribution in [3.63, 3.8) is 0 Å². The monoisotopic (exact) mass is 499 g/mol. The molecule has 1 heterocycles. The number of sulfonamides is 1. The van der Waals surface area contributed by atoms with Crippen LogP contribution in [0.5, 0.6) is 0 Å². The van der Waals surface area contributed by atoms with Gasteiger partial charge < -0.3 is 4.90 Å². The van der Waals surface area contributed by atoms with Gasteiger partial charge in [-0.25, -0.2) is 17.2 Å². The number of rotatable bonds is 7. The first kappa shape index (κ1) is 25.0. The molecule has 1 fully saturated rings. The Morgan fingerprint density at radius 1 is 0.857 bits per heavy atom. The zero-order valence-electron chi connectivity index (χ0n) is 19.3. The number of nitrogens with zero attached hydrogens (tertiary/aromatic N) is 3. The van der Waals surface area contributed by atoms with E-state index in [-0.39, 0.29) is 55.4 Å². The maximum Gasteiger partial charge on any atom is 0.243 e. The summed E-state index contributed by atoms with van der Waals surface area (Å²) in [5, 5.41) is 0. The van der Waals surface area contributed by atoms with Crippen LogP contribution in [0.2, 0.25) is 0 Å². The molecule has 0 aromatic heterocycles. The molecule has 1 amide bonds. The maximum absolute atomic E-state index is 13.5. The molecule has 1 atom stereocenters. The van der Waals surface area contributed by atoms with E-state index in [1.54, 1.807) is 17.0 Å². The molecule has 0 N–H and O–H groups in total. The van der Waals surface area contributed by atoms with Gasteiger partial charge in [-0.3, -0.25) is 9.69 Å². The van der Waals surface area contributed by atoms with E-state index in [1.165, 1.54) is 34.6 Å². The van der Waals surface area contributed by atoms with Crippen LogP contribution in [-0.2, 0) is 14.8 Å². The molecule has 3 aromatic carbocycles. The molecule has 1 aliphatic rings. The van der Waals surface area contributed by atoms with E-state index in [9.17, 15) is 22.0 Å². The average Bonchev–Trinajstić information content (AvgIpc) is 2.86. The Morgan fingerprint density at radius 2 is 1.49 bits per heavy atom. The van der Waals surface area contributed by atoms with E-state index in [0.29, 0.717) is 0 Å². The van der Waals surface area contributed by atoms with Crippen LogP contribution in [-0.4, -0.2) is 68.2 Å². The average molecular weight is 500 g/mol. The van der Waals surface area contributed by atoms with Crippen LogP contribution in [0.25, 0.3) is 0 Å². The first-order valence-electron chi connectivity index (χ1n) is 11.3. The van der Waals surface area contributed by atoms with E-state index in [1.807, 2.05) is 42.3 Å². The first-order valence-corrected chi connectivity index (χ1v) is 12.7. The minimum Gasteiger partial charge on any atom is -0.339 e. The summed E-state index contributed by atoms with van der Waals surface area (Å²) in [7, 11) is -1.99. The largest absolute Gasteiger partial charge is 0.339 e. The third kappa shape index (κ3) is 5.75. The van der Waals surface area contributed by atoms with Crippen molar-refractivity contribution in [1.29, 1.82) is 0 Å². The molecule has 0 bridgehead atoms. The van der Waals surface area contributed by atoms with Gasteiger partial charge in [-0.2, -0.15) is 4.31 Å². The van der Waals surface area contributed by atoms with Gasteiger partial charge in [-0.05, 0) is 48.5 Å². The summed E-state index contributed by atoms with van der Waals surface area (Å²) < 4.78 is 54.0. The molecule has 1 unspecified atom stereocenters. The number of hydrogen-bond acceptors (Lipinski definition) is 4. The van der Waals surface area contributed by atoms with Crippen LogP contribution in [0, 0.1) is 11.6 Å². The van der Waals surface area contributed by atoms with Gasteiger partial charge in [-0.1, -0.05) is 48.5 Å². The van der Waals surface area contributed by atoms with Gasteiger partial charge in [0, 0.05) is 26.2 Å². The van der Waals surface area contributed by atoms with E-state index in [2.05, 4.69) is 0 Å². The molecule has 3 aromatic rings. The quantitative estimate of drug-likeness (QED) is 0.499. The molecule has 6 nitrogen and oxygen atoms in total. The Hall–Kier alpha value is -3.14. The van der Waals surface area contributed by atoms with E-state index < -0.39 is 15.8 Å². The molecule has 0 radical (unpaired) electrons. The summed E-state index contributed by atoms with van der Waals surface area (Å²) in [6.45, 7) is 0.859. The lowest BCUT2D eigenvalue weighted by Crippen LogP contribution is -2.52. The number of halogens is 2. The number of hydrogen-bond donors (Lipinski definition) is 0. The fourth-order valence-corrected chi connectivity index (χ4v) is 5.80. The molecule has 35 heavy (non-hydrogen) atoms. The highest BCUT2D eigenvalue weighted by Gasteiger charge is 2.31. The second-order valence-electron chi connectivity index (χ2n) is 8.52. The van der Waals surface area contributed by atoms with Gasteiger partial charge in [-0.15, -0.1) is 0 Å². The van der Waals surface area contributed by atoms with Crippen molar-refractivity contribution in [3.05, 3.63) is 102 Å². The molecule has 9 heteroatoms. The fraction of sp³-hybridized carbons (Fsp3) is 0.269. The summed E-state index contributed by atoms with van der Waals surface area (Å²) in [6, 6.07) is 20.6. The molecule has 0 spiro atoms. The van der Waals surface area contributed by atoms with Crippen molar-refractivity contribution in [1.82, 2.24) is 14.1 Å². The predicted octanol–water partition coefficient (Wildman–Crippen LogP) is 3.52. The summed E-state index contributed by atoms with van der Waals surface area (Å²) in [4.78, 5) is 16.6. The topological polar surface area (TPSA) is 60.9 Å². The highest BCUT2D eigenvalue weighted by atomic mass is 32.2. The van der Waals surface area contributed by atoms with Gasteiger partial charge in [0.05, 0.1) is 17.5 Å². The second-order valence-corrected chi connectivity index (χ2v) is 10.5. The number of carbonyl (C=O) groups excluding carboxylic acids is 1. The number of likely N-dealkylation sites (N-methyl/N-ethyl adjacent to an activating group) is 1. The summed E-state index contributed by atoms with van der Waals surface area (Å²) in [6.07, 6.45) is 0. The molecule has 1 saturated heterocycles. The lowest BCUT2D eigenvalue weighted by Gasteiger charge is -2.36. The Labute approximate surface area is 204 Å². The number of amides is 1. The SMILES string of the molecule is CN(CC(=O)N1CCN(S(=O)(=O)c2cccc(F)c2)CC1)C(c1ccccc1)c1ccc(F)cc1. The Kier molecular flexibility index (Phi) is 7.59. The zero-order chi connectivity index (χ0) is 25.0. The lowest BCUT2D eigenvalue weighted by atomic mass is 9.97. The second kappa shape index (κ2) is 10.6. The van der Waals surface area contributed by atoms with E-state index in [4.69, 9.17) is 0 Å². The predicted molar refractivity (Wildman–Crippen MR) is 129 cm³/mol. The maximum atomic E-state index is 13.5. The van der Waals surface area contributed by atoms with Crippen molar-refractivity contribution in [2.45, 2.75) is 10.9 Å². The highest BCUT2D eigenvalue weighted by Crippen LogP contribution is 2.28. The molecule has 4 rings (SSSR count). The smallest absolute Gasteiger partial charge is 0.243 e. The minimum atomic E-state index is -3.83. The van der Waals surface area contributed by atoms with Crippen LogP contribution in [0.4, 0.5) is 8.78 Å². The standard InChI is InChI=1S/C26H27F2N3O3S/c1-29(26(20-6-3-2-4-7-20)21-10-12-22(27)13-11-21)19-25(32)30-14-16-31(17-15-30)35(33,34)24-9-5-8-23(28)18-24/h2-13,18,26H,14-17,19H2,1H3. The van der Waals surface area contributed by atoms with E-state index >= 15 is 0 Å². The van der Waals surface area contributed by atoms with Crippen molar-refractivity contribution in [3.8, 4) is 0 Å². The molecular formula is C26H27F2N3O3S. The molecular weight excluding hydrogens is 472 g/mol. The van der Waals surface area contributed by atoms with Crippen molar-refractivity contribution in [2.75, 3.05) is 39.8 Å². The fourth-order valence-electron chi connectivity index (χ4n) is 4.34. The van der Waals surface area contributed by atoms with Gasteiger partial charge in [0.1, 0.15) is 11.6 Å².